The number of rotatable bonds is 18. The first kappa shape index (κ1) is 32.0. The van der Waals surface area contributed by atoms with Gasteiger partial charge in [0.25, 0.3) is 11.5 Å². The molecule has 1 aromatic heterocycles. The van der Waals surface area contributed by atoms with Crippen molar-refractivity contribution in [1.82, 2.24) is 4.57 Å². The zero-order chi connectivity index (χ0) is 29.5. The molecule has 0 unspecified atom stereocenters. The quantitative estimate of drug-likeness (QED) is 0.125. The molecular formula is C35H48N2O4. The lowest BCUT2D eigenvalue weighted by molar-refractivity contribution is 0.102. The second-order valence-electron chi connectivity index (χ2n) is 10.9. The number of benzene rings is 2. The number of carbonyl (C=O) groups is 1. The van der Waals surface area contributed by atoms with E-state index in [0.29, 0.717) is 36.8 Å². The molecule has 2 aromatic carbocycles. The van der Waals surface area contributed by atoms with Gasteiger partial charge in [-0.3, -0.25) is 9.59 Å². The van der Waals surface area contributed by atoms with Gasteiger partial charge < -0.3 is 19.4 Å². The number of nitrogens with zero attached hydrogens (tertiary/aromatic N) is 1. The number of carbonyl (C=O) groups excluding carboxylic acids is 1. The number of ether oxygens (including phenoxy) is 2. The number of unbranched alkanes of at least 4 members (excludes halogenated alkanes) is 8. The van der Waals surface area contributed by atoms with E-state index in [9.17, 15) is 9.59 Å². The number of anilines is 1. The number of amides is 1. The highest BCUT2D eigenvalue weighted by Crippen LogP contribution is 2.35. The van der Waals surface area contributed by atoms with Crippen LogP contribution in [0.25, 0.3) is 10.9 Å². The molecule has 41 heavy (non-hydrogen) atoms. The Morgan fingerprint density at radius 1 is 0.829 bits per heavy atom. The molecular weight excluding hydrogens is 512 g/mol. The summed E-state index contributed by atoms with van der Waals surface area (Å²) >= 11 is 0. The van der Waals surface area contributed by atoms with Crippen molar-refractivity contribution in [3.8, 4) is 11.5 Å². The van der Waals surface area contributed by atoms with E-state index in [1.54, 1.807) is 16.7 Å². The van der Waals surface area contributed by atoms with E-state index in [1.165, 1.54) is 25.7 Å². The number of fused-ring (bicyclic) bond motifs is 1. The maximum Gasteiger partial charge on any atom is 0.297 e. The molecule has 0 saturated heterocycles. The monoisotopic (exact) mass is 560 g/mol. The average molecular weight is 561 g/mol. The first-order valence-corrected chi connectivity index (χ1v) is 15.4. The Kier molecular flexibility index (Phi) is 13.5. The summed E-state index contributed by atoms with van der Waals surface area (Å²) in [5, 5.41) is 3.80. The van der Waals surface area contributed by atoms with Crippen molar-refractivity contribution < 1.29 is 14.3 Å². The van der Waals surface area contributed by atoms with Crippen molar-refractivity contribution >= 4 is 22.5 Å². The number of nitrogens with one attached hydrogen (secondary N) is 1. The van der Waals surface area contributed by atoms with E-state index in [2.05, 4.69) is 19.2 Å². The molecule has 6 heteroatoms. The van der Waals surface area contributed by atoms with E-state index in [0.717, 1.165) is 55.0 Å². The van der Waals surface area contributed by atoms with Gasteiger partial charge >= 0.3 is 0 Å². The first-order chi connectivity index (χ1) is 20.0. The van der Waals surface area contributed by atoms with Crippen LogP contribution >= 0.6 is 0 Å². The molecule has 0 atom stereocenters. The largest absolute Gasteiger partial charge is 0.485 e. The summed E-state index contributed by atoms with van der Waals surface area (Å²) < 4.78 is 14.2. The molecule has 1 amide bonds. The van der Waals surface area contributed by atoms with Crippen LogP contribution in [0.2, 0.25) is 0 Å². The minimum Gasteiger partial charge on any atom is -0.485 e. The average Bonchev–Trinajstić information content (AvgIpc) is 2.97. The number of aromatic nitrogens is 1. The van der Waals surface area contributed by atoms with Gasteiger partial charge in [-0.05, 0) is 63.1 Å². The highest BCUT2D eigenvalue weighted by Gasteiger charge is 2.20. The SMILES string of the molecule is CCCCCCCCOc1c(OCC=C(C)C)c2ccc(NC(=O)c3ccccc3)cc2n(CCCCCC)c1=O. The summed E-state index contributed by atoms with van der Waals surface area (Å²) in [5.41, 5.74) is 2.90. The minimum atomic E-state index is -0.194. The van der Waals surface area contributed by atoms with Gasteiger partial charge in [0.15, 0.2) is 5.75 Å². The summed E-state index contributed by atoms with van der Waals surface area (Å²) in [4.78, 5) is 26.9. The second-order valence-corrected chi connectivity index (χ2v) is 10.9. The predicted molar refractivity (Wildman–Crippen MR) is 171 cm³/mol. The topological polar surface area (TPSA) is 69.6 Å². The van der Waals surface area contributed by atoms with Gasteiger partial charge in [0.1, 0.15) is 6.61 Å². The van der Waals surface area contributed by atoms with Gasteiger partial charge in [-0.1, -0.05) is 89.0 Å². The molecule has 0 bridgehead atoms. The van der Waals surface area contributed by atoms with Gasteiger partial charge in [-0.2, -0.15) is 0 Å². The molecule has 3 aromatic rings. The lowest BCUT2D eigenvalue weighted by Gasteiger charge is -2.19. The van der Waals surface area contributed by atoms with Crippen LogP contribution in [0.15, 0.2) is 65.0 Å². The summed E-state index contributed by atoms with van der Waals surface area (Å²) in [6.45, 7) is 9.83. The van der Waals surface area contributed by atoms with Crippen molar-refractivity contribution in [2.24, 2.45) is 0 Å². The van der Waals surface area contributed by atoms with E-state index in [1.807, 2.05) is 56.3 Å². The standard InChI is InChI=1S/C35H48N2O4/c1-5-7-9-11-12-17-24-40-33-32(41-25-22-27(3)4)30-21-20-29(36-34(38)28-18-14-13-15-19-28)26-31(30)37(35(33)39)23-16-10-8-6-2/h13-15,18-22,26H,5-12,16-17,23-25H2,1-4H3,(H,36,38). The molecule has 0 radical (unpaired) electrons. The maximum atomic E-state index is 14.0. The Hall–Kier alpha value is -3.54. The molecule has 0 saturated carbocycles. The van der Waals surface area contributed by atoms with Crippen molar-refractivity contribution in [2.75, 3.05) is 18.5 Å². The van der Waals surface area contributed by atoms with E-state index in [4.69, 9.17) is 9.47 Å². The number of hydrogen-bond donors (Lipinski definition) is 1. The lowest BCUT2D eigenvalue weighted by atomic mass is 10.1. The van der Waals surface area contributed by atoms with Crippen LogP contribution in [0.4, 0.5) is 5.69 Å². The molecule has 3 rings (SSSR count). The van der Waals surface area contributed by atoms with Crippen molar-refractivity contribution in [3.63, 3.8) is 0 Å². The zero-order valence-corrected chi connectivity index (χ0v) is 25.5. The summed E-state index contributed by atoms with van der Waals surface area (Å²) in [7, 11) is 0. The maximum absolute atomic E-state index is 14.0. The smallest absolute Gasteiger partial charge is 0.297 e. The fourth-order valence-electron chi connectivity index (χ4n) is 4.81. The van der Waals surface area contributed by atoms with E-state index in [-0.39, 0.29) is 17.2 Å². The molecule has 222 valence electrons. The van der Waals surface area contributed by atoms with Crippen LogP contribution in [0.5, 0.6) is 11.5 Å². The minimum absolute atomic E-state index is 0.182. The zero-order valence-electron chi connectivity index (χ0n) is 25.5. The van der Waals surface area contributed by atoms with E-state index < -0.39 is 0 Å². The number of pyridine rings is 1. The Labute approximate surface area is 245 Å². The van der Waals surface area contributed by atoms with Crippen LogP contribution in [0.1, 0.15) is 102 Å². The van der Waals surface area contributed by atoms with Crippen LogP contribution in [-0.4, -0.2) is 23.7 Å². The Balaban J connectivity index is 1.99. The Morgan fingerprint density at radius 3 is 2.22 bits per heavy atom. The molecule has 0 fully saturated rings. The van der Waals surface area contributed by atoms with Crippen molar-refractivity contribution in [2.45, 2.75) is 98.4 Å². The summed E-state index contributed by atoms with van der Waals surface area (Å²) in [5.74, 6) is 0.560. The molecule has 0 aliphatic rings. The van der Waals surface area contributed by atoms with Crippen LogP contribution < -0.4 is 20.3 Å². The number of allylic oxidation sites excluding steroid dienone is 1. The molecule has 0 spiro atoms. The normalized spacial score (nSPS) is 10.9. The number of aryl methyl sites for hydroxylation is 1. The van der Waals surface area contributed by atoms with Crippen molar-refractivity contribution in [1.29, 1.82) is 0 Å². The molecule has 0 aliphatic heterocycles. The number of hydrogen-bond acceptors (Lipinski definition) is 4. The van der Waals surface area contributed by atoms with Gasteiger partial charge in [-0.15, -0.1) is 0 Å². The van der Waals surface area contributed by atoms with Crippen LogP contribution in [-0.2, 0) is 6.54 Å². The summed E-state index contributed by atoms with van der Waals surface area (Å²) in [6.07, 6.45) is 13.0. The van der Waals surface area contributed by atoms with Crippen LogP contribution in [0.3, 0.4) is 0 Å². The predicted octanol–water partition coefficient (Wildman–Crippen LogP) is 8.92. The third kappa shape index (κ3) is 9.80. The third-order valence-electron chi connectivity index (χ3n) is 7.17. The molecule has 6 nitrogen and oxygen atoms in total. The molecule has 1 N–H and O–H groups in total. The summed E-state index contributed by atoms with van der Waals surface area (Å²) in [6, 6.07) is 14.8. The van der Waals surface area contributed by atoms with Gasteiger partial charge in [0.2, 0.25) is 5.75 Å². The van der Waals surface area contributed by atoms with E-state index >= 15 is 0 Å². The fourth-order valence-corrected chi connectivity index (χ4v) is 4.81. The molecule has 0 aliphatic carbocycles. The van der Waals surface area contributed by atoms with Gasteiger partial charge in [0, 0.05) is 23.2 Å². The molecule has 1 heterocycles. The van der Waals surface area contributed by atoms with Crippen molar-refractivity contribution in [3.05, 3.63) is 76.1 Å². The highest BCUT2D eigenvalue weighted by molar-refractivity contribution is 6.05. The Morgan fingerprint density at radius 2 is 1.51 bits per heavy atom. The Bertz CT molecular complexity index is 1320. The fraction of sp³-hybridized carbons (Fsp3) is 0.486. The lowest BCUT2D eigenvalue weighted by Crippen LogP contribution is -2.24. The van der Waals surface area contributed by atoms with Gasteiger partial charge in [-0.25, -0.2) is 0 Å². The van der Waals surface area contributed by atoms with Gasteiger partial charge in [0.05, 0.1) is 12.1 Å². The highest BCUT2D eigenvalue weighted by atomic mass is 16.5. The first-order valence-electron chi connectivity index (χ1n) is 15.4. The van der Waals surface area contributed by atoms with Crippen LogP contribution in [0, 0.1) is 0 Å². The second kappa shape index (κ2) is 17.3. The third-order valence-corrected chi connectivity index (χ3v) is 7.17.